The van der Waals surface area contributed by atoms with Crippen molar-refractivity contribution in [1.82, 2.24) is 0 Å². The van der Waals surface area contributed by atoms with E-state index >= 15 is 0 Å². The summed E-state index contributed by atoms with van der Waals surface area (Å²) in [6, 6.07) is 0. The fourth-order valence-electron chi connectivity index (χ4n) is 9.77. The molecule has 35 heavy (non-hydrogen) atoms. The fourth-order valence-corrected chi connectivity index (χ4v) is 9.77. The molecular formula is C30H56N2O3. The molecule has 0 amide bonds. The average molecular weight is 493 g/mol. The van der Waals surface area contributed by atoms with Gasteiger partial charge in [0.15, 0.2) is 0 Å². The number of rotatable bonds is 12. The van der Waals surface area contributed by atoms with Crippen LogP contribution in [0.25, 0.3) is 0 Å². The summed E-state index contributed by atoms with van der Waals surface area (Å²) < 4.78 is 13.1. The normalized spacial score (nSPS) is 43.9. The summed E-state index contributed by atoms with van der Waals surface area (Å²) in [5.74, 6) is 4.55. The number of ether oxygens (including phenoxy) is 2. The zero-order chi connectivity index (χ0) is 25.1. The van der Waals surface area contributed by atoms with Gasteiger partial charge in [-0.15, -0.1) is 0 Å². The van der Waals surface area contributed by atoms with Crippen LogP contribution in [0.2, 0.25) is 0 Å². The number of aliphatic hydroxyl groups is 1. The topological polar surface area (TPSA) is 90.7 Å². The van der Waals surface area contributed by atoms with Crippen molar-refractivity contribution in [1.29, 1.82) is 0 Å². The molecule has 4 aliphatic rings. The van der Waals surface area contributed by atoms with Crippen LogP contribution < -0.4 is 11.5 Å². The van der Waals surface area contributed by atoms with E-state index in [4.69, 9.17) is 20.9 Å². The number of hydrogen-bond acceptors (Lipinski definition) is 5. The highest BCUT2D eigenvalue weighted by Gasteiger charge is 2.64. The van der Waals surface area contributed by atoms with E-state index in [1.807, 2.05) is 0 Å². The van der Waals surface area contributed by atoms with E-state index in [2.05, 4.69) is 20.8 Å². The third-order valence-electron chi connectivity index (χ3n) is 11.6. The second-order valence-electron chi connectivity index (χ2n) is 13.2. The lowest BCUT2D eigenvalue weighted by atomic mass is 9.43. The molecule has 4 fully saturated rings. The molecule has 5 N–H and O–H groups in total. The number of fused-ring (bicyclic) bond motifs is 5. The average Bonchev–Trinajstić information content (AvgIpc) is 3.21. The van der Waals surface area contributed by atoms with Crippen LogP contribution in [0.1, 0.15) is 97.8 Å². The van der Waals surface area contributed by atoms with Gasteiger partial charge in [0.05, 0.1) is 12.2 Å². The van der Waals surface area contributed by atoms with Gasteiger partial charge in [0, 0.05) is 19.8 Å². The molecule has 204 valence electrons. The summed E-state index contributed by atoms with van der Waals surface area (Å²) in [5, 5.41) is 9.47. The molecule has 0 spiro atoms. The van der Waals surface area contributed by atoms with Crippen molar-refractivity contribution in [3.8, 4) is 0 Å². The predicted molar refractivity (Wildman–Crippen MR) is 143 cm³/mol. The summed E-state index contributed by atoms with van der Waals surface area (Å²) in [5.41, 5.74) is 12.2. The van der Waals surface area contributed by atoms with E-state index in [0.29, 0.717) is 42.6 Å². The Morgan fingerprint density at radius 2 is 1.63 bits per heavy atom. The first kappa shape index (κ1) is 27.8. The first-order valence-electron chi connectivity index (χ1n) is 15.1. The van der Waals surface area contributed by atoms with Crippen molar-refractivity contribution < 1.29 is 14.6 Å². The molecule has 0 aromatic carbocycles. The molecule has 0 radical (unpaired) electrons. The van der Waals surface area contributed by atoms with Gasteiger partial charge in [-0.3, -0.25) is 0 Å². The Morgan fingerprint density at radius 3 is 2.34 bits per heavy atom. The molecule has 0 aliphatic heterocycles. The molecule has 4 aliphatic carbocycles. The predicted octanol–water partition coefficient (Wildman–Crippen LogP) is 5.13. The van der Waals surface area contributed by atoms with Gasteiger partial charge < -0.3 is 26.0 Å². The summed E-state index contributed by atoms with van der Waals surface area (Å²) in [7, 11) is 0. The molecule has 4 saturated carbocycles. The molecule has 0 bridgehead atoms. The van der Waals surface area contributed by atoms with Gasteiger partial charge in [0.1, 0.15) is 0 Å². The Kier molecular flexibility index (Phi) is 9.63. The highest BCUT2D eigenvalue weighted by Crippen LogP contribution is 2.69. The van der Waals surface area contributed by atoms with Crippen molar-refractivity contribution in [3.63, 3.8) is 0 Å². The van der Waals surface area contributed by atoms with E-state index in [-0.39, 0.29) is 5.41 Å². The second-order valence-corrected chi connectivity index (χ2v) is 13.2. The lowest BCUT2D eigenvalue weighted by Gasteiger charge is -2.63. The Hall–Kier alpha value is -0.200. The molecule has 0 aromatic rings. The lowest BCUT2D eigenvalue weighted by Crippen LogP contribution is -2.59. The summed E-state index contributed by atoms with van der Waals surface area (Å²) in [6.45, 7) is 11.1. The SMILES string of the molecule is C[C@H](CCCO)C1CC[C@H]2C3CCC4C[C@H](OCCCN)CCC4(C)[C@H]3C[C@H](OCCCN)[C@]12C. The van der Waals surface area contributed by atoms with Crippen LogP contribution in [0.15, 0.2) is 0 Å². The third kappa shape index (κ3) is 5.37. The van der Waals surface area contributed by atoms with Gasteiger partial charge in [-0.2, -0.15) is 0 Å². The van der Waals surface area contributed by atoms with Gasteiger partial charge in [-0.25, -0.2) is 0 Å². The van der Waals surface area contributed by atoms with Crippen molar-refractivity contribution in [3.05, 3.63) is 0 Å². The zero-order valence-electron chi connectivity index (χ0n) is 23.1. The minimum absolute atomic E-state index is 0.260. The van der Waals surface area contributed by atoms with Crippen LogP contribution in [0.4, 0.5) is 0 Å². The maximum Gasteiger partial charge on any atom is 0.0637 e. The molecule has 10 atom stereocenters. The Labute approximate surface area is 215 Å². The van der Waals surface area contributed by atoms with Crippen LogP contribution in [0.5, 0.6) is 0 Å². The van der Waals surface area contributed by atoms with Crippen molar-refractivity contribution in [2.24, 2.45) is 57.8 Å². The lowest BCUT2D eigenvalue weighted by molar-refractivity contribution is -0.192. The summed E-state index contributed by atoms with van der Waals surface area (Å²) in [6.07, 6.45) is 15.3. The van der Waals surface area contributed by atoms with E-state index in [9.17, 15) is 5.11 Å². The summed E-state index contributed by atoms with van der Waals surface area (Å²) in [4.78, 5) is 0. The first-order chi connectivity index (χ1) is 16.9. The van der Waals surface area contributed by atoms with Gasteiger partial charge in [-0.05, 0) is 136 Å². The van der Waals surface area contributed by atoms with Crippen LogP contribution in [0, 0.1) is 46.3 Å². The number of nitrogens with two attached hydrogens (primary N) is 2. The van der Waals surface area contributed by atoms with E-state index < -0.39 is 0 Å². The highest BCUT2D eigenvalue weighted by atomic mass is 16.5. The Morgan fingerprint density at radius 1 is 0.886 bits per heavy atom. The Bertz CT molecular complexity index is 662. The smallest absolute Gasteiger partial charge is 0.0637 e. The fraction of sp³-hybridized carbons (Fsp3) is 1.00. The minimum Gasteiger partial charge on any atom is -0.396 e. The van der Waals surface area contributed by atoms with Gasteiger partial charge in [-0.1, -0.05) is 20.8 Å². The van der Waals surface area contributed by atoms with Crippen LogP contribution in [-0.4, -0.2) is 50.2 Å². The molecule has 5 heteroatoms. The van der Waals surface area contributed by atoms with Crippen LogP contribution in [-0.2, 0) is 9.47 Å². The maximum absolute atomic E-state index is 9.47. The van der Waals surface area contributed by atoms with E-state index in [1.54, 1.807) is 0 Å². The third-order valence-corrected chi connectivity index (χ3v) is 11.6. The van der Waals surface area contributed by atoms with E-state index in [1.165, 1.54) is 51.4 Å². The Balaban J connectivity index is 1.53. The first-order valence-corrected chi connectivity index (χ1v) is 15.1. The van der Waals surface area contributed by atoms with E-state index in [0.717, 1.165) is 69.1 Å². The second kappa shape index (κ2) is 12.1. The molecular weight excluding hydrogens is 436 g/mol. The highest BCUT2D eigenvalue weighted by molar-refractivity contribution is 5.13. The summed E-state index contributed by atoms with van der Waals surface area (Å²) >= 11 is 0. The molecule has 0 heterocycles. The quantitative estimate of drug-likeness (QED) is 0.329. The van der Waals surface area contributed by atoms with Gasteiger partial charge in [0.2, 0.25) is 0 Å². The molecule has 5 nitrogen and oxygen atoms in total. The van der Waals surface area contributed by atoms with Crippen LogP contribution in [0.3, 0.4) is 0 Å². The molecule has 0 aromatic heterocycles. The van der Waals surface area contributed by atoms with Crippen molar-refractivity contribution in [2.45, 2.75) is 110 Å². The number of aliphatic hydroxyl groups excluding tert-OH is 1. The van der Waals surface area contributed by atoms with Crippen LogP contribution >= 0.6 is 0 Å². The van der Waals surface area contributed by atoms with Gasteiger partial charge in [0.25, 0.3) is 0 Å². The van der Waals surface area contributed by atoms with Gasteiger partial charge >= 0.3 is 0 Å². The van der Waals surface area contributed by atoms with Crippen molar-refractivity contribution >= 4 is 0 Å². The zero-order valence-corrected chi connectivity index (χ0v) is 23.1. The monoisotopic (exact) mass is 492 g/mol. The number of hydrogen-bond donors (Lipinski definition) is 3. The minimum atomic E-state index is 0.260. The largest absolute Gasteiger partial charge is 0.396 e. The standard InChI is InChI=1S/C30H56N2O3/c1-21(7-4-16-33)25-10-11-26-24-9-8-22-19-23(34-17-5-14-31)12-13-29(22,2)27(24)20-28(30(25,26)3)35-18-6-15-32/h21-28,33H,4-20,31-32H2,1-3H3/t21-,22?,23-,24?,25?,26+,27+,28+,29?,30-/m1/s1. The molecule has 4 rings (SSSR count). The van der Waals surface area contributed by atoms with Crippen molar-refractivity contribution in [2.75, 3.05) is 32.9 Å². The molecule has 0 saturated heterocycles. The maximum atomic E-state index is 9.47. The molecule has 4 unspecified atom stereocenters.